The molecule has 0 aliphatic carbocycles. The van der Waals surface area contributed by atoms with Gasteiger partial charge in [0.2, 0.25) is 5.75 Å². The fraction of sp³-hybridized carbons (Fsp3) is 0.647. The van der Waals surface area contributed by atoms with Gasteiger partial charge in [-0.05, 0) is 24.8 Å². The minimum atomic E-state index is 0.257. The van der Waals surface area contributed by atoms with Gasteiger partial charge in [-0.3, -0.25) is 0 Å². The van der Waals surface area contributed by atoms with Crippen LogP contribution in [-0.4, -0.2) is 21.3 Å². The highest BCUT2D eigenvalue weighted by atomic mass is 79.9. The van der Waals surface area contributed by atoms with Crippen LogP contribution in [0.4, 0.5) is 0 Å². The third-order valence-electron chi connectivity index (χ3n) is 3.76. The molecular weight excluding hydrogens is 332 g/mol. The zero-order valence-corrected chi connectivity index (χ0v) is 15.3. The van der Waals surface area contributed by atoms with Crippen molar-refractivity contribution in [1.29, 1.82) is 0 Å². The molecule has 21 heavy (non-hydrogen) atoms. The van der Waals surface area contributed by atoms with Gasteiger partial charge >= 0.3 is 0 Å². The smallest absolute Gasteiger partial charge is 0.203 e. The summed E-state index contributed by atoms with van der Waals surface area (Å²) in [4.78, 5) is 0.257. The Morgan fingerprint density at radius 3 is 1.90 bits per heavy atom. The van der Waals surface area contributed by atoms with Crippen molar-refractivity contribution in [2.45, 2.75) is 44.4 Å². The summed E-state index contributed by atoms with van der Waals surface area (Å²) in [6.45, 7) is 4.46. The normalized spacial score (nSPS) is 12.3. The maximum Gasteiger partial charge on any atom is 0.203 e. The van der Waals surface area contributed by atoms with Crippen LogP contribution < -0.4 is 14.2 Å². The number of alkyl halides is 1. The second-order valence-electron chi connectivity index (χ2n) is 5.16. The molecule has 1 aromatic rings. The van der Waals surface area contributed by atoms with Crippen molar-refractivity contribution in [2.75, 3.05) is 21.3 Å². The molecule has 0 radical (unpaired) electrons. The van der Waals surface area contributed by atoms with Crippen molar-refractivity contribution in [3.63, 3.8) is 0 Å². The minimum absolute atomic E-state index is 0.257. The maximum atomic E-state index is 5.60. The first-order valence-corrected chi connectivity index (χ1v) is 8.48. The van der Waals surface area contributed by atoms with Crippen LogP contribution in [0.2, 0.25) is 0 Å². The number of hydrogen-bond acceptors (Lipinski definition) is 3. The molecule has 0 fully saturated rings. The molecule has 1 aromatic carbocycles. The van der Waals surface area contributed by atoms with Gasteiger partial charge in [0.15, 0.2) is 11.5 Å². The lowest BCUT2D eigenvalue weighted by molar-refractivity contribution is 0.319. The summed E-state index contributed by atoms with van der Waals surface area (Å²) in [7, 11) is 4.96. The van der Waals surface area contributed by atoms with E-state index in [-0.39, 0.29) is 4.83 Å². The van der Waals surface area contributed by atoms with Gasteiger partial charge in [-0.2, -0.15) is 0 Å². The summed E-state index contributed by atoms with van der Waals surface area (Å²) in [5, 5.41) is 0. The van der Waals surface area contributed by atoms with Crippen LogP contribution in [0.5, 0.6) is 17.2 Å². The molecule has 1 atom stereocenters. The number of hydrogen-bond donors (Lipinski definition) is 0. The van der Waals surface area contributed by atoms with Crippen LogP contribution in [-0.2, 0) is 0 Å². The van der Waals surface area contributed by atoms with Gasteiger partial charge < -0.3 is 14.2 Å². The average molecular weight is 359 g/mol. The second-order valence-corrected chi connectivity index (χ2v) is 6.15. The molecule has 0 spiro atoms. The molecule has 0 heterocycles. The molecular formula is C17H27BrO3. The third kappa shape index (κ3) is 4.29. The molecule has 0 aliphatic rings. The molecule has 0 aliphatic heterocycles. The van der Waals surface area contributed by atoms with E-state index >= 15 is 0 Å². The van der Waals surface area contributed by atoms with Gasteiger partial charge in [-0.25, -0.2) is 0 Å². The Bertz CT molecular complexity index is 428. The van der Waals surface area contributed by atoms with Gasteiger partial charge in [-0.1, -0.05) is 48.7 Å². The molecule has 0 saturated carbocycles. The molecule has 120 valence electrons. The molecule has 0 aromatic heterocycles. The summed E-state index contributed by atoms with van der Waals surface area (Å²) in [5.74, 6) is 2.71. The van der Waals surface area contributed by atoms with Gasteiger partial charge in [0.05, 0.1) is 21.3 Å². The monoisotopic (exact) mass is 358 g/mol. The van der Waals surface area contributed by atoms with E-state index < -0.39 is 0 Å². The highest BCUT2D eigenvalue weighted by molar-refractivity contribution is 9.09. The van der Waals surface area contributed by atoms with Gasteiger partial charge in [0.1, 0.15) is 0 Å². The summed E-state index contributed by atoms with van der Waals surface area (Å²) >= 11 is 3.88. The molecule has 1 rings (SSSR count). The Hall–Kier alpha value is -0.900. The van der Waals surface area contributed by atoms with Crippen molar-refractivity contribution in [3.05, 3.63) is 17.7 Å². The van der Waals surface area contributed by atoms with E-state index in [0.717, 1.165) is 11.3 Å². The lowest BCUT2D eigenvalue weighted by Gasteiger charge is -2.25. The highest BCUT2D eigenvalue weighted by Crippen LogP contribution is 2.47. The van der Waals surface area contributed by atoms with Crippen molar-refractivity contribution in [3.8, 4) is 17.2 Å². The third-order valence-corrected chi connectivity index (χ3v) is 5.01. The number of rotatable bonds is 9. The van der Waals surface area contributed by atoms with Gasteiger partial charge in [0, 0.05) is 10.4 Å². The lowest BCUT2D eigenvalue weighted by atomic mass is 9.90. The molecule has 3 nitrogen and oxygen atoms in total. The van der Waals surface area contributed by atoms with Crippen molar-refractivity contribution in [1.82, 2.24) is 0 Å². The first kappa shape index (κ1) is 18.1. The van der Waals surface area contributed by atoms with E-state index in [9.17, 15) is 0 Å². The van der Waals surface area contributed by atoms with E-state index in [0.29, 0.717) is 17.4 Å². The van der Waals surface area contributed by atoms with Crippen molar-refractivity contribution < 1.29 is 14.2 Å². The Labute approximate surface area is 137 Å². The van der Waals surface area contributed by atoms with E-state index in [1.807, 2.05) is 6.07 Å². The van der Waals surface area contributed by atoms with Crippen LogP contribution in [0.25, 0.3) is 0 Å². The zero-order valence-electron chi connectivity index (χ0n) is 13.7. The Balaban J connectivity index is 3.21. The first-order valence-electron chi connectivity index (χ1n) is 7.57. The summed E-state index contributed by atoms with van der Waals surface area (Å²) < 4.78 is 16.4. The predicted octanol–water partition coefficient (Wildman–Crippen LogP) is 5.36. The van der Waals surface area contributed by atoms with Crippen LogP contribution in [0.1, 0.15) is 49.9 Å². The van der Waals surface area contributed by atoms with Gasteiger partial charge in [-0.15, -0.1) is 0 Å². The number of benzene rings is 1. The predicted molar refractivity (Wildman–Crippen MR) is 91.1 cm³/mol. The average Bonchev–Trinajstić information content (AvgIpc) is 2.52. The number of halogens is 1. The minimum Gasteiger partial charge on any atom is -0.493 e. The van der Waals surface area contributed by atoms with Gasteiger partial charge in [0.25, 0.3) is 0 Å². The standard InChI is InChI=1S/C17H27BrO3/c1-6-8-12(9-7-2)15(18)13-10-11-14(19-3)17(21-5)16(13)20-4/h10-12,15H,6-9H2,1-5H3. The molecule has 0 N–H and O–H groups in total. The number of methoxy groups -OCH3 is 3. The van der Waals surface area contributed by atoms with Crippen molar-refractivity contribution in [2.24, 2.45) is 5.92 Å². The van der Waals surface area contributed by atoms with E-state index in [1.165, 1.54) is 25.7 Å². The van der Waals surface area contributed by atoms with Crippen LogP contribution >= 0.6 is 15.9 Å². The molecule has 0 amide bonds. The van der Waals surface area contributed by atoms with E-state index in [2.05, 4.69) is 35.8 Å². The number of ether oxygens (including phenoxy) is 3. The van der Waals surface area contributed by atoms with E-state index in [4.69, 9.17) is 14.2 Å². The zero-order chi connectivity index (χ0) is 15.8. The highest BCUT2D eigenvalue weighted by Gasteiger charge is 2.25. The summed E-state index contributed by atoms with van der Waals surface area (Å²) in [6, 6.07) is 4.01. The van der Waals surface area contributed by atoms with Crippen LogP contribution in [0.15, 0.2) is 12.1 Å². The van der Waals surface area contributed by atoms with Crippen molar-refractivity contribution >= 4 is 15.9 Å². The summed E-state index contributed by atoms with van der Waals surface area (Å²) in [5.41, 5.74) is 1.13. The lowest BCUT2D eigenvalue weighted by Crippen LogP contribution is -2.10. The Kier molecular flexibility index (Phi) is 7.94. The Morgan fingerprint density at radius 2 is 1.48 bits per heavy atom. The fourth-order valence-corrected chi connectivity index (χ4v) is 3.66. The van der Waals surface area contributed by atoms with Crippen LogP contribution in [0.3, 0.4) is 0 Å². The van der Waals surface area contributed by atoms with E-state index in [1.54, 1.807) is 21.3 Å². The fourth-order valence-electron chi connectivity index (χ4n) is 2.77. The summed E-state index contributed by atoms with van der Waals surface area (Å²) in [6.07, 6.45) is 4.76. The van der Waals surface area contributed by atoms with Crippen LogP contribution in [0, 0.1) is 5.92 Å². The molecule has 0 bridgehead atoms. The topological polar surface area (TPSA) is 27.7 Å². The molecule has 1 unspecified atom stereocenters. The largest absolute Gasteiger partial charge is 0.493 e. The first-order chi connectivity index (χ1) is 10.1. The quantitative estimate of drug-likeness (QED) is 0.555. The molecule has 0 saturated heterocycles. The SMILES string of the molecule is CCCC(CCC)C(Br)c1ccc(OC)c(OC)c1OC. The maximum absolute atomic E-state index is 5.60. The second kappa shape index (κ2) is 9.19. The Morgan fingerprint density at radius 1 is 0.905 bits per heavy atom. The molecule has 4 heteroatoms.